The zero-order valence-electron chi connectivity index (χ0n) is 41.4. The first kappa shape index (κ1) is 49.5. The second-order valence-corrected chi connectivity index (χ2v) is 22.4. The predicted molar refractivity (Wildman–Crippen MR) is 271 cm³/mol. The fraction of sp³-hybridized carbons (Fsp3) is 0.273. The molecule has 76 heavy (non-hydrogen) atoms. The third kappa shape index (κ3) is 7.46. The molecular formula is C55H44F4N14O2S. The highest BCUT2D eigenvalue weighted by Gasteiger charge is 2.66. The molecule has 16 nitrogen and oxygen atoms in total. The fourth-order valence-corrected chi connectivity index (χ4v) is 13.1. The molecule has 2 fully saturated rings. The molecule has 4 aliphatic rings. The maximum absolute atomic E-state index is 14.6. The van der Waals surface area contributed by atoms with Gasteiger partial charge < -0.3 is 5.73 Å². The van der Waals surface area contributed by atoms with Gasteiger partial charge in [0.2, 0.25) is 10.0 Å². The fourth-order valence-electron chi connectivity index (χ4n) is 12.6. The summed E-state index contributed by atoms with van der Waals surface area (Å²) in [5.74, 6) is -1.74. The average molecular weight is 1040 g/mol. The Balaban J connectivity index is 0.000000163. The number of nitrogens with one attached hydrogen (secondary N) is 1. The highest BCUT2D eigenvalue weighted by Crippen LogP contribution is 2.71. The monoisotopic (exact) mass is 1040 g/mol. The second-order valence-electron chi connectivity index (χ2n) is 20.6. The maximum atomic E-state index is 14.6. The van der Waals surface area contributed by atoms with Gasteiger partial charge in [-0.25, -0.2) is 55.9 Å². The van der Waals surface area contributed by atoms with Crippen LogP contribution in [-0.4, -0.2) is 65.0 Å². The summed E-state index contributed by atoms with van der Waals surface area (Å²) in [5, 5.41) is 36.6. The molecule has 21 heteroatoms. The van der Waals surface area contributed by atoms with Crippen molar-refractivity contribution in [2.75, 3.05) is 16.7 Å². The van der Waals surface area contributed by atoms with E-state index in [4.69, 9.17) is 15.7 Å². The van der Waals surface area contributed by atoms with Gasteiger partial charge in [-0.2, -0.15) is 20.7 Å². The number of rotatable bonds is 8. The van der Waals surface area contributed by atoms with Gasteiger partial charge in [-0.1, -0.05) is 39.8 Å². The zero-order valence-corrected chi connectivity index (χ0v) is 42.2. The Morgan fingerprint density at radius 1 is 0.618 bits per heavy atom. The first-order chi connectivity index (χ1) is 36.2. The van der Waals surface area contributed by atoms with Gasteiger partial charge in [0.05, 0.1) is 73.5 Å². The number of anilines is 2. The number of aromatic nitrogens is 10. The first-order valence-corrected chi connectivity index (χ1v) is 26.0. The van der Waals surface area contributed by atoms with Gasteiger partial charge in [0.15, 0.2) is 17.5 Å². The molecule has 0 aliphatic heterocycles. The quantitative estimate of drug-likeness (QED) is 0.134. The van der Waals surface area contributed by atoms with Crippen LogP contribution in [0.2, 0.25) is 0 Å². The molecule has 4 aliphatic carbocycles. The zero-order chi connectivity index (χ0) is 53.7. The lowest BCUT2D eigenvalue weighted by molar-refractivity contribution is 0.242. The van der Waals surface area contributed by atoms with Crippen molar-refractivity contribution in [3.8, 4) is 57.4 Å². The standard InChI is InChI=1S/C28H23F2N7O2S.C27H21F2N7/c1-27(2)18-7-9-28(27,24-17(18)12-21(35-36-24)23-19(29)5-4-6-20(23)30)22-8-10-32-25(34-22)16-11-15(13-31)26(33-14-16)37-40(3,38)39;1-26(2)17-6-8-27(26,21-7-9-32-25(34-21)15-10-14(12-30)24(31)33-13-15)23-16(17)11-20(35-36-23)22-18(28)4-3-5-19(22)29/h4-6,8,10-12,14,18H,7,9H2,1-3H3,(H,33,37);3-5,7,9-11,13,17H,6,8H2,1-2H3,(H2,31,33)/t18-,28-;17-,27-/m00/s1. The van der Waals surface area contributed by atoms with Crippen LogP contribution in [-0.2, 0) is 20.9 Å². The lowest BCUT2D eigenvalue weighted by Crippen LogP contribution is -2.38. The summed E-state index contributed by atoms with van der Waals surface area (Å²) in [7, 11) is -3.63. The van der Waals surface area contributed by atoms with Crippen molar-refractivity contribution in [1.82, 2.24) is 50.3 Å². The van der Waals surface area contributed by atoms with Gasteiger partial charge >= 0.3 is 0 Å². The van der Waals surface area contributed by atoms with Gasteiger partial charge in [-0.15, -0.1) is 10.2 Å². The molecule has 6 heterocycles. The number of nitrogens with two attached hydrogens (primary N) is 1. The van der Waals surface area contributed by atoms with E-state index in [-0.39, 0.29) is 67.9 Å². The summed E-state index contributed by atoms with van der Waals surface area (Å²) in [6, 6.07) is 21.8. The average Bonchev–Trinajstić information content (AvgIpc) is 4.17. The van der Waals surface area contributed by atoms with Crippen LogP contribution in [0.1, 0.15) is 110 Å². The van der Waals surface area contributed by atoms with Gasteiger partial charge in [-0.3, -0.25) is 4.72 Å². The second kappa shape index (κ2) is 17.7. The summed E-state index contributed by atoms with van der Waals surface area (Å²) in [5.41, 5.74) is 10.1. The Bertz CT molecular complexity index is 3920. The molecule has 4 atom stereocenters. The molecule has 4 bridgehead atoms. The van der Waals surface area contributed by atoms with Crippen LogP contribution in [0.15, 0.2) is 97.6 Å². The van der Waals surface area contributed by atoms with E-state index in [0.29, 0.717) is 28.5 Å². The van der Waals surface area contributed by atoms with E-state index in [9.17, 15) is 36.5 Å². The molecule has 2 aromatic carbocycles. The molecule has 0 amide bonds. The Kier molecular flexibility index (Phi) is 11.6. The predicted octanol–water partition coefficient (Wildman–Crippen LogP) is 9.65. The number of fused-ring (bicyclic) bond motifs is 10. The maximum Gasteiger partial charge on any atom is 0.231 e. The smallest absolute Gasteiger partial charge is 0.231 e. The van der Waals surface area contributed by atoms with Crippen LogP contribution in [0.5, 0.6) is 0 Å². The first-order valence-electron chi connectivity index (χ1n) is 24.1. The molecule has 380 valence electrons. The lowest BCUT2D eigenvalue weighted by atomic mass is 9.66. The normalized spacial score (nSPS) is 20.9. The van der Waals surface area contributed by atoms with Crippen molar-refractivity contribution in [3.63, 3.8) is 0 Å². The van der Waals surface area contributed by atoms with E-state index >= 15 is 0 Å². The van der Waals surface area contributed by atoms with Crippen LogP contribution in [0.3, 0.4) is 0 Å². The third-order valence-electron chi connectivity index (χ3n) is 16.2. The van der Waals surface area contributed by atoms with Crippen molar-refractivity contribution >= 4 is 21.7 Å². The number of pyridine rings is 2. The van der Waals surface area contributed by atoms with E-state index < -0.39 is 44.1 Å². The third-order valence-corrected chi connectivity index (χ3v) is 16.8. The number of nitrogen functional groups attached to an aromatic ring is 1. The number of nitriles is 2. The van der Waals surface area contributed by atoms with E-state index in [1.165, 1.54) is 48.7 Å². The Morgan fingerprint density at radius 2 is 1.05 bits per heavy atom. The molecular weight excluding hydrogens is 997 g/mol. The van der Waals surface area contributed by atoms with Crippen LogP contribution in [0, 0.1) is 56.8 Å². The number of nitrogens with zero attached hydrogens (tertiary/aromatic N) is 12. The molecule has 0 unspecified atom stereocenters. The number of sulfonamides is 1. The van der Waals surface area contributed by atoms with E-state index in [2.05, 4.69) is 72.7 Å². The summed E-state index contributed by atoms with van der Waals surface area (Å²) >= 11 is 0. The Morgan fingerprint density at radius 3 is 1.49 bits per heavy atom. The molecule has 0 radical (unpaired) electrons. The van der Waals surface area contributed by atoms with Crippen LogP contribution < -0.4 is 10.5 Å². The molecule has 0 spiro atoms. The van der Waals surface area contributed by atoms with Crippen molar-refractivity contribution in [2.45, 2.75) is 76.0 Å². The van der Waals surface area contributed by atoms with Crippen molar-refractivity contribution in [3.05, 3.63) is 166 Å². The highest BCUT2D eigenvalue weighted by molar-refractivity contribution is 7.92. The minimum Gasteiger partial charge on any atom is -0.383 e. The summed E-state index contributed by atoms with van der Waals surface area (Å²) in [4.78, 5) is 26.9. The molecule has 0 saturated heterocycles. The molecule has 8 aromatic rings. The van der Waals surface area contributed by atoms with Gasteiger partial charge in [0, 0.05) is 35.9 Å². The summed E-state index contributed by atoms with van der Waals surface area (Å²) < 4.78 is 83.6. The van der Waals surface area contributed by atoms with Crippen LogP contribution in [0.4, 0.5) is 29.2 Å². The Labute approximate surface area is 433 Å². The lowest BCUT2D eigenvalue weighted by Gasteiger charge is -2.37. The highest BCUT2D eigenvalue weighted by atomic mass is 32.2. The minimum atomic E-state index is -3.63. The van der Waals surface area contributed by atoms with Gasteiger partial charge in [-0.05, 0) is 120 Å². The number of hydrogen-bond donors (Lipinski definition) is 2. The van der Waals surface area contributed by atoms with Crippen molar-refractivity contribution in [2.24, 2.45) is 10.8 Å². The number of hydrogen-bond acceptors (Lipinski definition) is 15. The SMILES string of the molecule is CC1(C)[C@H]2CC[C@]1(c1ccnc(-c3cnc(N)c(C#N)c3)n1)c1nnc(-c3c(F)cccc3F)cc12.CC1(C)[C@H]2CC[C@]1(c1ccnc(-c3cnc(NS(C)(=O)=O)c(C#N)c3)n1)c1nnc(-c3c(F)cccc3F)cc12. The number of halogens is 4. The van der Waals surface area contributed by atoms with Crippen LogP contribution in [0.25, 0.3) is 45.3 Å². The number of benzene rings is 2. The molecule has 3 N–H and O–H groups in total. The van der Waals surface area contributed by atoms with Crippen LogP contribution >= 0.6 is 0 Å². The van der Waals surface area contributed by atoms with E-state index in [1.807, 2.05) is 24.3 Å². The van der Waals surface area contributed by atoms with E-state index in [0.717, 1.165) is 60.1 Å². The molecule has 12 rings (SSSR count). The molecule has 6 aromatic heterocycles. The van der Waals surface area contributed by atoms with Crippen molar-refractivity contribution in [1.29, 1.82) is 10.5 Å². The summed E-state index contributed by atoms with van der Waals surface area (Å²) in [6.07, 6.45) is 10.5. The van der Waals surface area contributed by atoms with Crippen molar-refractivity contribution < 1.29 is 26.0 Å². The largest absolute Gasteiger partial charge is 0.383 e. The molecule has 2 saturated carbocycles. The Hall–Kier alpha value is -8.69. The minimum absolute atomic E-state index is 0.0290. The van der Waals surface area contributed by atoms with Gasteiger partial charge in [0.1, 0.15) is 41.2 Å². The topological polar surface area (TPSA) is 249 Å². The van der Waals surface area contributed by atoms with Gasteiger partial charge in [0.25, 0.3) is 0 Å². The summed E-state index contributed by atoms with van der Waals surface area (Å²) in [6.45, 7) is 8.63. The van der Waals surface area contributed by atoms with E-state index in [1.54, 1.807) is 36.8 Å².